The number of nitrogens with zero attached hydrogens (tertiary/aromatic N) is 3. The van der Waals surface area contributed by atoms with Crippen molar-refractivity contribution in [2.75, 3.05) is 23.9 Å². The lowest BCUT2D eigenvalue weighted by Crippen LogP contribution is -2.25. The Morgan fingerprint density at radius 3 is 2.41 bits per heavy atom. The van der Waals surface area contributed by atoms with Gasteiger partial charge in [0.15, 0.2) is 0 Å². The van der Waals surface area contributed by atoms with Crippen molar-refractivity contribution in [1.82, 2.24) is 9.97 Å². The SMILES string of the molecule is CCN(Cc1ccccc1)c1nccc(C(=O)Nc2ccc(C(=O)OC)cc2)n1. The molecule has 0 spiro atoms. The molecule has 0 saturated heterocycles. The van der Waals surface area contributed by atoms with E-state index >= 15 is 0 Å². The van der Waals surface area contributed by atoms with E-state index in [0.717, 1.165) is 5.56 Å². The molecule has 1 aromatic heterocycles. The van der Waals surface area contributed by atoms with E-state index in [0.29, 0.717) is 30.3 Å². The van der Waals surface area contributed by atoms with Crippen LogP contribution in [-0.2, 0) is 11.3 Å². The Hall–Kier alpha value is -3.74. The highest BCUT2D eigenvalue weighted by molar-refractivity contribution is 6.03. The molecule has 0 radical (unpaired) electrons. The van der Waals surface area contributed by atoms with Crippen molar-refractivity contribution >= 4 is 23.5 Å². The molecule has 3 rings (SSSR count). The average Bonchev–Trinajstić information content (AvgIpc) is 2.78. The zero-order valence-corrected chi connectivity index (χ0v) is 16.3. The first-order valence-corrected chi connectivity index (χ1v) is 9.22. The molecule has 3 aromatic rings. The van der Waals surface area contributed by atoms with Gasteiger partial charge in [0.25, 0.3) is 5.91 Å². The van der Waals surface area contributed by atoms with Crippen molar-refractivity contribution in [1.29, 1.82) is 0 Å². The van der Waals surface area contributed by atoms with Crippen molar-refractivity contribution < 1.29 is 14.3 Å². The lowest BCUT2D eigenvalue weighted by molar-refractivity contribution is 0.0600. The van der Waals surface area contributed by atoms with Crippen LogP contribution in [0.15, 0.2) is 66.9 Å². The van der Waals surface area contributed by atoms with Crippen molar-refractivity contribution in [2.24, 2.45) is 0 Å². The second kappa shape index (κ2) is 9.45. The van der Waals surface area contributed by atoms with Crippen LogP contribution in [0.3, 0.4) is 0 Å². The maximum atomic E-state index is 12.6. The third kappa shape index (κ3) is 5.16. The standard InChI is InChI=1S/C22H22N4O3/c1-3-26(15-16-7-5-4-6-8-16)22-23-14-13-19(25-22)20(27)24-18-11-9-17(10-12-18)21(28)29-2/h4-14H,3,15H2,1-2H3,(H,24,27). The molecule has 0 unspecified atom stereocenters. The first-order valence-electron chi connectivity index (χ1n) is 9.22. The Morgan fingerprint density at radius 2 is 1.76 bits per heavy atom. The van der Waals surface area contributed by atoms with Crippen LogP contribution in [0.4, 0.5) is 11.6 Å². The molecule has 0 aliphatic rings. The van der Waals surface area contributed by atoms with Crippen LogP contribution in [0.5, 0.6) is 0 Å². The Kier molecular flexibility index (Phi) is 6.52. The summed E-state index contributed by atoms with van der Waals surface area (Å²) in [6.07, 6.45) is 1.57. The van der Waals surface area contributed by atoms with Crippen LogP contribution >= 0.6 is 0 Å². The summed E-state index contributed by atoms with van der Waals surface area (Å²) in [6.45, 7) is 3.37. The summed E-state index contributed by atoms with van der Waals surface area (Å²) in [5.74, 6) is -0.290. The molecule has 29 heavy (non-hydrogen) atoms. The number of aromatic nitrogens is 2. The summed E-state index contributed by atoms with van der Waals surface area (Å²) in [7, 11) is 1.32. The highest BCUT2D eigenvalue weighted by atomic mass is 16.5. The predicted octanol–water partition coefficient (Wildman–Crippen LogP) is 3.54. The van der Waals surface area contributed by atoms with E-state index in [4.69, 9.17) is 0 Å². The third-order valence-electron chi connectivity index (χ3n) is 4.32. The summed E-state index contributed by atoms with van der Waals surface area (Å²) in [6, 6.07) is 18.0. The summed E-state index contributed by atoms with van der Waals surface area (Å²) in [5, 5.41) is 2.78. The van der Waals surface area contributed by atoms with E-state index in [2.05, 4.69) is 20.0 Å². The molecular weight excluding hydrogens is 368 g/mol. The maximum Gasteiger partial charge on any atom is 0.337 e. The smallest absolute Gasteiger partial charge is 0.337 e. The molecule has 1 heterocycles. The van der Waals surface area contributed by atoms with Crippen molar-refractivity contribution in [3.05, 3.63) is 83.7 Å². The maximum absolute atomic E-state index is 12.6. The number of carbonyl (C=O) groups is 2. The monoisotopic (exact) mass is 390 g/mol. The molecule has 1 amide bonds. The molecule has 0 fully saturated rings. The molecule has 0 bridgehead atoms. The summed E-state index contributed by atoms with van der Waals surface area (Å²) in [4.78, 5) is 34.8. The minimum absolute atomic E-state index is 0.263. The number of rotatable bonds is 7. The highest BCUT2D eigenvalue weighted by Crippen LogP contribution is 2.15. The fraction of sp³-hybridized carbons (Fsp3) is 0.182. The van der Waals surface area contributed by atoms with Gasteiger partial charge in [0, 0.05) is 25.0 Å². The minimum Gasteiger partial charge on any atom is -0.465 e. The molecule has 0 saturated carbocycles. The Bertz CT molecular complexity index is 975. The first-order chi connectivity index (χ1) is 14.1. The quantitative estimate of drug-likeness (QED) is 0.621. The van der Waals surface area contributed by atoms with Crippen LogP contribution in [0, 0.1) is 0 Å². The molecule has 0 atom stereocenters. The third-order valence-corrected chi connectivity index (χ3v) is 4.32. The highest BCUT2D eigenvalue weighted by Gasteiger charge is 2.14. The topological polar surface area (TPSA) is 84.4 Å². The molecule has 0 aliphatic heterocycles. The normalized spacial score (nSPS) is 10.3. The fourth-order valence-electron chi connectivity index (χ4n) is 2.76. The van der Waals surface area contributed by atoms with E-state index < -0.39 is 5.97 Å². The zero-order chi connectivity index (χ0) is 20.6. The summed E-state index contributed by atoms with van der Waals surface area (Å²) in [5.41, 5.74) is 2.37. The van der Waals surface area contributed by atoms with E-state index in [1.807, 2.05) is 42.2 Å². The number of esters is 1. The van der Waals surface area contributed by atoms with Gasteiger partial charge in [-0.2, -0.15) is 0 Å². The van der Waals surface area contributed by atoms with Crippen molar-refractivity contribution in [2.45, 2.75) is 13.5 Å². The number of carbonyl (C=O) groups excluding carboxylic acids is 2. The van der Waals surface area contributed by atoms with Gasteiger partial charge in [0.2, 0.25) is 5.95 Å². The molecular formula is C22H22N4O3. The van der Waals surface area contributed by atoms with Gasteiger partial charge in [-0.3, -0.25) is 4.79 Å². The number of hydrogen-bond donors (Lipinski definition) is 1. The number of anilines is 2. The summed E-state index contributed by atoms with van der Waals surface area (Å²) >= 11 is 0. The Balaban J connectivity index is 1.72. The van der Waals surface area contributed by atoms with Crippen LogP contribution in [-0.4, -0.2) is 35.5 Å². The number of benzene rings is 2. The van der Waals surface area contributed by atoms with Gasteiger partial charge in [-0.25, -0.2) is 14.8 Å². The van der Waals surface area contributed by atoms with Crippen LogP contribution in [0.25, 0.3) is 0 Å². The van der Waals surface area contributed by atoms with Gasteiger partial charge in [0.1, 0.15) is 5.69 Å². The van der Waals surface area contributed by atoms with Gasteiger partial charge in [-0.15, -0.1) is 0 Å². The number of hydrogen-bond acceptors (Lipinski definition) is 6. The molecule has 2 aromatic carbocycles. The summed E-state index contributed by atoms with van der Waals surface area (Å²) < 4.78 is 4.67. The van der Waals surface area contributed by atoms with Crippen LogP contribution < -0.4 is 10.2 Å². The van der Waals surface area contributed by atoms with Gasteiger partial charge in [-0.1, -0.05) is 30.3 Å². The van der Waals surface area contributed by atoms with Crippen molar-refractivity contribution in [3.8, 4) is 0 Å². The van der Waals surface area contributed by atoms with E-state index in [1.54, 1.807) is 36.5 Å². The van der Waals surface area contributed by atoms with E-state index in [9.17, 15) is 9.59 Å². The fourth-order valence-corrected chi connectivity index (χ4v) is 2.76. The van der Waals surface area contributed by atoms with E-state index in [1.165, 1.54) is 7.11 Å². The Labute approximate surface area is 169 Å². The minimum atomic E-state index is -0.429. The van der Waals surface area contributed by atoms with Gasteiger partial charge in [0.05, 0.1) is 12.7 Å². The lowest BCUT2D eigenvalue weighted by Gasteiger charge is -2.21. The average molecular weight is 390 g/mol. The molecule has 7 heteroatoms. The number of methoxy groups -OCH3 is 1. The van der Waals surface area contributed by atoms with Crippen LogP contribution in [0.1, 0.15) is 33.3 Å². The number of nitrogens with one attached hydrogen (secondary N) is 1. The molecule has 1 N–H and O–H groups in total. The predicted molar refractivity (Wildman–Crippen MR) is 111 cm³/mol. The zero-order valence-electron chi connectivity index (χ0n) is 16.3. The number of ether oxygens (including phenoxy) is 1. The number of amides is 1. The largest absolute Gasteiger partial charge is 0.465 e. The Morgan fingerprint density at radius 1 is 1.03 bits per heavy atom. The van der Waals surface area contributed by atoms with Crippen LogP contribution in [0.2, 0.25) is 0 Å². The molecule has 0 aliphatic carbocycles. The first kappa shape index (κ1) is 20.0. The van der Waals surface area contributed by atoms with Gasteiger partial charge < -0.3 is 15.0 Å². The second-order valence-corrected chi connectivity index (χ2v) is 6.26. The second-order valence-electron chi connectivity index (χ2n) is 6.26. The van der Waals surface area contributed by atoms with Gasteiger partial charge >= 0.3 is 5.97 Å². The van der Waals surface area contributed by atoms with E-state index in [-0.39, 0.29) is 11.6 Å². The lowest BCUT2D eigenvalue weighted by atomic mass is 10.2. The molecule has 7 nitrogen and oxygen atoms in total. The van der Waals surface area contributed by atoms with Crippen molar-refractivity contribution in [3.63, 3.8) is 0 Å². The molecule has 148 valence electrons. The van der Waals surface area contributed by atoms with Gasteiger partial charge in [-0.05, 0) is 42.8 Å².